The molecule has 2 aromatic carbocycles. The Morgan fingerprint density at radius 3 is 2.50 bits per heavy atom. The number of hydrogen-bond acceptors (Lipinski definition) is 3. The maximum Gasteiger partial charge on any atom is 0.261 e. The summed E-state index contributed by atoms with van der Waals surface area (Å²) >= 11 is 5.55. The van der Waals surface area contributed by atoms with Crippen LogP contribution in [0.2, 0.25) is 0 Å². The Bertz CT molecular complexity index is 787. The molecule has 0 aliphatic heterocycles. The first-order valence-corrected chi connectivity index (χ1v) is 8.51. The second-order valence-electron chi connectivity index (χ2n) is 4.71. The van der Waals surface area contributed by atoms with Gasteiger partial charge in [-0.3, -0.25) is 4.72 Å². The van der Waals surface area contributed by atoms with E-state index in [4.69, 9.17) is 17.3 Å². The van der Waals surface area contributed by atoms with Crippen LogP contribution in [0.5, 0.6) is 0 Å². The molecular formula is C15H16ClN3O2S. The smallest absolute Gasteiger partial charge is 0.261 e. The van der Waals surface area contributed by atoms with Crippen LogP contribution in [-0.2, 0) is 10.0 Å². The van der Waals surface area contributed by atoms with Crippen molar-refractivity contribution in [3.05, 3.63) is 54.1 Å². The van der Waals surface area contributed by atoms with Crippen LogP contribution in [-0.4, -0.2) is 20.1 Å². The van der Waals surface area contributed by atoms with Gasteiger partial charge >= 0.3 is 0 Å². The van der Waals surface area contributed by atoms with E-state index in [0.29, 0.717) is 11.4 Å². The van der Waals surface area contributed by atoms with Crippen molar-refractivity contribution in [2.45, 2.75) is 11.8 Å². The summed E-state index contributed by atoms with van der Waals surface area (Å²) in [6.07, 6.45) is 0. The molecule has 0 unspecified atom stereocenters. The third-order valence-electron chi connectivity index (χ3n) is 2.83. The third-order valence-corrected chi connectivity index (χ3v) is 4.50. The first-order chi connectivity index (χ1) is 10.4. The average molecular weight is 338 g/mol. The number of nitrogens with one attached hydrogen (secondary N) is 1. The standard InChI is InChI=1S/C15H16ClN3O2S/c1-11-3-2-4-13(9-11)19-22(20,21)14-7-5-12(6-8-14)18-15(17)10-16/h2-9,19H,10H2,1H3,(H2,17,18). The second kappa shape index (κ2) is 6.81. The van der Waals surface area contributed by atoms with Crippen molar-refractivity contribution < 1.29 is 8.42 Å². The number of benzene rings is 2. The normalized spacial score (nSPS) is 12.2. The van der Waals surface area contributed by atoms with Crippen LogP contribution >= 0.6 is 11.6 Å². The van der Waals surface area contributed by atoms with Gasteiger partial charge in [-0.1, -0.05) is 12.1 Å². The van der Waals surface area contributed by atoms with Crippen LogP contribution in [0.15, 0.2) is 58.4 Å². The maximum atomic E-state index is 12.3. The zero-order valence-corrected chi connectivity index (χ0v) is 13.5. The summed E-state index contributed by atoms with van der Waals surface area (Å²) in [4.78, 5) is 4.19. The van der Waals surface area contributed by atoms with E-state index in [2.05, 4.69) is 9.71 Å². The number of nitrogens with zero attached hydrogens (tertiary/aromatic N) is 1. The molecule has 0 saturated heterocycles. The van der Waals surface area contributed by atoms with Crippen LogP contribution < -0.4 is 10.5 Å². The molecule has 2 rings (SSSR count). The highest BCUT2D eigenvalue weighted by Crippen LogP contribution is 2.20. The lowest BCUT2D eigenvalue weighted by molar-refractivity contribution is 0.601. The van der Waals surface area contributed by atoms with Crippen molar-refractivity contribution in [3.63, 3.8) is 0 Å². The first-order valence-electron chi connectivity index (χ1n) is 6.49. The van der Waals surface area contributed by atoms with E-state index in [0.717, 1.165) is 5.56 Å². The molecule has 0 amide bonds. The molecule has 0 bridgehead atoms. The maximum absolute atomic E-state index is 12.3. The lowest BCUT2D eigenvalue weighted by Crippen LogP contribution is -2.13. The van der Waals surface area contributed by atoms with Crippen molar-refractivity contribution in [2.24, 2.45) is 10.7 Å². The summed E-state index contributed by atoms with van der Waals surface area (Å²) in [6.45, 7) is 1.89. The molecule has 0 aliphatic carbocycles. The average Bonchev–Trinajstić information content (AvgIpc) is 2.47. The minimum absolute atomic E-state index is 0.120. The quantitative estimate of drug-likeness (QED) is 0.499. The fraction of sp³-hybridized carbons (Fsp3) is 0.133. The van der Waals surface area contributed by atoms with Gasteiger partial charge in [-0.25, -0.2) is 13.4 Å². The van der Waals surface area contributed by atoms with Crippen LogP contribution in [0.3, 0.4) is 0 Å². The van der Waals surface area contributed by atoms with Crippen molar-refractivity contribution in [2.75, 3.05) is 10.6 Å². The number of hydrogen-bond donors (Lipinski definition) is 2. The van der Waals surface area contributed by atoms with Gasteiger partial charge in [-0.05, 0) is 48.9 Å². The molecule has 0 atom stereocenters. The molecule has 0 fully saturated rings. The first kappa shape index (κ1) is 16.3. The highest BCUT2D eigenvalue weighted by Gasteiger charge is 2.14. The summed E-state index contributed by atoms with van der Waals surface area (Å²) in [5.74, 6) is 0.393. The monoisotopic (exact) mass is 337 g/mol. The van der Waals surface area contributed by atoms with Crippen molar-refractivity contribution in [3.8, 4) is 0 Å². The van der Waals surface area contributed by atoms with E-state index in [1.54, 1.807) is 30.3 Å². The van der Waals surface area contributed by atoms with E-state index in [1.165, 1.54) is 12.1 Å². The summed E-state index contributed by atoms with van der Waals surface area (Å²) < 4.78 is 27.2. The molecule has 7 heteroatoms. The largest absolute Gasteiger partial charge is 0.386 e. The third kappa shape index (κ3) is 4.22. The van der Waals surface area contributed by atoms with Gasteiger partial charge in [-0.15, -0.1) is 11.6 Å². The van der Waals surface area contributed by atoms with Gasteiger partial charge in [0.05, 0.1) is 16.5 Å². The molecule has 0 aliphatic rings. The number of rotatable bonds is 5. The van der Waals surface area contributed by atoms with E-state index >= 15 is 0 Å². The van der Waals surface area contributed by atoms with Crippen LogP contribution in [0, 0.1) is 6.92 Å². The van der Waals surface area contributed by atoms with E-state index in [-0.39, 0.29) is 16.6 Å². The molecule has 0 spiro atoms. The number of aryl methyl sites for hydroxylation is 1. The van der Waals surface area contributed by atoms with Gasteiger partial charge < -0.3 is 5.73 Å². The molecule has 22 heavy (non-hydrogen) atoms. The fourth-order valence-corrected chi connectivity index (χ4v) is 2.93. The summed E-state index contributed by atoms with van der Waals surface area (Å²) in [6, 6.07) is 13.2. The number of amidine groups is 1. The predicted octanol–water partition coefficient (Wildman–Crippen LogP) is 3.02. The zero-order chi connectivity index (χ0) is 16.2. The molecule has 0 radical (unpaired) electrons. The van der Waals surface area contributed by atoms with Crippen LogP contribution in [0.25, 0.3) is 0 Å². The van der Waals surface area contributed by atoms with Crippen molar-refractivity contribution >= 4 is 38.8 Å². The Morgan fingerprint density at radius 2 is 1.91 bits per heavy atom. The van der Waals surface area contributed by atoms with E-state index in [9.17, 15) is 8.42 Å². The summed E-state index contributed by atoms with van der Waals surface area (Å²) in [5.41, 5.74) is 7.58. The topological polar surface area (TPSA) is 84.5 Å². The molecule has 5 nitrogen and oxygen atoms in total. The van der Waals surface area contributed by atoms with Gasteiger partial charge in [0.1, 0.15) is 5.84 Å². The second-order valence-corrected chi connectivity index (χ2v) is 6.66. The van der Waals surface area contributed by atoms with Crippen LogP contribution in [0.4, 0.5) is 11.4 Å². The minimum Gasteiger partial charge on any atom is -0.386 e. The number of sulfonamides is 1. The number of alkyl halides is 1. The van der Waals surface area contributed by atoms with E-state index < -0.39 is 10.0 Å². The van der Waals surface area contributed by atoms with E-state index in [1.807, 2.05) is 13.0 Å². The SMILES string of the molecule is Cc1cccc(NS(=O)(=O)c2ccc(N=C(N)CCl)cc2)c1. The number of anilines is 1. The van der Waals surface area contributed by atoms with Gasteiger partial charge in [0.15, 0.2) is 0 Å². The van der Waals surface area contributed by atoms with Gasteiger partial charge in [0, 0.05) is 5.69 Å². The Labute approximate surface area is 134 Å². The summed E-state index contributed by atoms with van der Waals surface area (Å²) in [5, 5.41) is 0. The molecule has 0 saturated carbocycles. The lowest BCUT2D eigenvalue weighted by atomic mass is 10.2. The molecule has 0 aromatic heterocycles. The highest BCUT2D eigenvalue weighted by molar-refractivity contribution is 7.92. The van der Waals surface area contributed by atoms with Gasteiger partial charge in [0.2, 0.25) is 0 Å². The van der Waals surface area contributed by atoms with Crippen molar-refractivity contribution in [1.29, 1.82) is 0 Å². The molecule has 3 N–H and O–H groups in total. The Balaban J connectivity index is 2.23. The molecule has 0 heterocycles. The van der Waals surface area contributed by atoms with Gasteiger partial charge in [0.25, 0.3) is 10.0 Å². The number of aliphatic imine (C=N–C) groups is 1. The highest BCUT2D eigenvalue weighted by atomic mass is 35.5. The van der Waals surface area contributed by atoms with Crippen LogP contribution in [0.1, 0.15) is 5.56 Å². The minimum atomic E-state index is -3.64. The van der Waals surface area contributed by atoms with Crippen molar-refractivity contribution in [1.82, 2.24) is 0 Å². The molecule has 116 valence electrons. The summed E-state index contributed by atoms with van der Waals surface area (Å²) in [7, 11) is -3.64. The number of halogens is 1. The fourth-order valence-electron chi connectivity index (χ4n) is 1.82. The lowest BCUT2D eigenvalue weighted by Gasteiger charge is -2.09. The number of nitrogens with two attached hydrogens (primary N) is 1. The Hall–Kier alpha value is -2.05. The van der Waals surface area contributed by atoms with Gasteiger partial charge in [-0.2, -0.15) is 0 Å². The molecular weight excluding hydrogens is 322 g/mol. The predicted molar refractivity (Wildman–Crippen MR) is 90.4 cm³/mol. The molecule has 2 aromatic rings. The zero-order valence-electron chi connectivity index (χ0n) is 12.0. The Kier molecular flexibility index (Phi) is 5.05. The Morgan fingerprint density at radius 1 is 1.23 bits per heavy atom.